The summed E-state index contributed by atoms with van der Waals surface area (Å²) in [4.78, 5) is 14.1. The maximum Gasteiger partial charge on any atom is 0.239 e. The number of halogens is 3. The van der Waals surface area contributed by atoms with E-state index in [0.29, 0.717) is 37.2 Å². The molecule has 130 valence electrons. The lowest BCUT2D eigenvalue weighted by molar-refractivity contribution is -0.119. The number of fused-ring (bicyclic) bond motifs is 1. The standard InChI is InChI=1S/C15H20ClN3O2.2ClH/c16-11-3-4-14-13(7-11)19(5-6-21-14)9-15(20)18-8-12(17)10-1-2-10;;/h3-4,7,10,12H,1-2,5-6,8-9,17H2,(H,18,20);2*1H. The molecule has 8 heteroatoms. The van der Waals surface area contributed by atoms with E-state index in [1.807, 2.05) is 17.0 Å². The lowest BCUT2D eigenvalue weighted by Crippen LogP contribution is -2.45. The van der Waals surface area contributed by atoms with Crippen LogP contribution >= 0.6 is 36.4 Å². The molecule has 3 rings (SSSR count). The minimum Gasteiger partial charge on any atom is -0.490 e. The van der Waals surface area contributed by atoms with Crippen LogP contribution in [0.15, 0.2) is 18.2 Å². The SMILES string of the molecule is Cl.Cl.NC(CNC(=O)CN1CCOc2ccc(Cl)cc21)C1CC1. The van der Waals surface area contributed by atoms with E-state index >= 15 is 0 Å². The van der Waals surface area contributed by atoms with E-state index < -0.39 is 0 Å². The van der Waals surface area contributed by atoms with Gasteiger partial charge in [-0.05, 0) is 37.0 Å². The average Bonchev–Trinajstić information content (AvgIpc) is 3.30. The lowest BCUT2D eigenvalue weighted by Gasteiger charge is -2.30. The van der Waals surface area contributed by atoms with Gasteiger partial charge in [-0.25, -0.2) is 0 Å². The minimum absolute atomic E-state index is 0. The second-order valence-corrected chi connectivity index (χ2v) is 6.12. The second kappa shape index (κ2) is 8.83. The molecular weight excluding hydrogens is 361 g/mol. The fraction of sp³-hybridized carbons (Fsp3) is 0.533. The van der Waals surface area contributed by atoms with E-state index in [2.05, 4.69) is 5.32 Å². The molecule has 1 aromatic rings. The Labute approximate surface area is 153 Å². The quantitative estimate of drug-likeness (QED) is 0.819. The highest BCUT2D eigenvalue weighted by Gasteiger charge is 2.28. The van der Waals surface area contributed by atoms with Crippen LogP contribution in [0.3, 0.4) is 0 Å². The second-order valence-electron chi connectivity index (χ2n) is 5.69. The number of carbonyl (C=O) groups is 1. The molecule has 1 unspecified atom stereocenters. The zero-order valence-corrected chi connectivity index (χ0v) is 15.1. The zero-order chi connectivity index (χ0) is 14.8. The number of carbonyl (C=O) groups excluding carboxylic acids is 1. The van der Waals surface area contributed by atoms with E-state index in [9.17, 15) is 4.79 Å². The minimum atomic E-state index is -0.0149. The van der Waals surface area contributed by atoms with Crippen molar-refractivity contribution in [1.29, 1.82) is 0 Å². The van der Waals surface area contributed by atoms with Gasteiger partial charge in [0.1, 0.15) is 12.4 Å². The van der Waals surface area contributed by atoms with Crippen molar-refractivity contribution in [1.82, 2.24) is 5.32 Å². The Morgan fingerprint density at radius 3 is 2.87 bits per heavy atom. The van der Waals surface area contributed by atoms with Crippen LogP contribution < -0.4 is 20.7 Å². The first-order chi connectivity index (χ1) is 10.1. The number of anilines is 1. The third-order valence-electron chi connectivity index (χ3n) is 3.98. The number of hydrogen-bond acceptors (Lipinski definition) is 4. The molecule has 1 aliphatic carbocycles. The summed E-state index contributed by atoms with van der Waals surface area (Å²) in [5.41, 5.74) is 6.86. The van der Waals surface area contributed by atoms with Gasteiger partial charge in [-0.15, -0.1) is 24.8 Å². The van der Waals surface area contributed by atoms with Crippen molar-refractivity contribution in [2.45, 2.75) is 18.9 Å². The number of ether oxygens (including phenoxy) is 1. The monoisotopic (exact) mass is 381 g/mol. The summed E-state index contributed by atoms with van der Waals surface area (Å²) >= 11 is 6.02. The highest BCUT2D eigenvalue weighted by Crippen LogP contribution is 2.34. The summed E-state index contributed by atoms with van der Waals surface area (Å²) < 4.78 is 5.58. The zero-order valence-electron chi connectivity index (χ0n) is 12.7. The van der Waals surface area contributed by atoms with Gasteiger partial charge in [0.05, 0.1) is 18.8 Å². The Morgan fingerprint density at radius 1 is 1.43 bits per heavy atom. The molecule has 5 nitrogen and oxygen atoms in total. The molecule has 1 atom stereocenters. The number of nitrogens with two attached hydrogens (primary N) is 1. The summed E-state index contributed by atoms with van der Waals surface area (Å²) in [5.74, 6) is 1.35. The number of nitrogens with one attached hydrogen (secondary N) is 1. The highest BCUT2D eigenvalue weighted by atomic mass is 35.5. The first kappa shape index (κ1) is 20.2. The van der Waals surface area contributed by atoms with Gasteiger partial charge in [0.2, 0.25) is 5.91 Å². The summed E-state index contributed by atoms with van der Waals surface area (Å²) in [6.45, 7) is 2.10. The molecule has 1 aromatic carbocycles. The van der Waals surface area contributed by atoms with Crippen LogP contribution in [-0.4, -0.2) is 38.2 Å². The molecular formula is C15H22Cl3N3O2. The average molecular weight is 383 g/mol. The topological polar surface area (TPSA) is 67.6 Å². The molecule has 0 aromatic heterocycles. The Hall–Kier alpha value is -0.880. The van der Waals surface area contributed by atoms with Gasteiger partial charge >= 0.3 is 0 Å². The first-order valence-electron chi connectivity index (χ1n) is 7.33. The van der Waals surface area contributed by atoms with E-state index in [1.165, 1.54) is 12.8 Å². The number of rotatable bonds is 5. The van der Waals surface area contributed by atoms with Gasteiger partial charge in [0.25, 0.3) is 0 Å². The van der Waals surface area contributed by atoms with Gasteiger partial charge in [0, 0.05) is 17.6 Å². The Balaban J connectivity index is 0.00000132. The normalized spacial score (nSPS) is 17.0. The molecule has 2 aliphatic rings. The van der Waals surface area contributed by atoms with Crippen molar-refractivity contribution in [3.63, 3.8) is 0 Å². The van der Waals surface area contributed by atoms with Crippen LogP contribution in [0.1, 0.15) is 12.8 Å². The Kier molecular flexibility index (Phi) is 7.74. The maximum absolute atomic E-state index is 12.1. The number of hydrogen-bond donors (Lipinski definition) is 2. The van der Waals surface area contributed by atoms with Crippen LogP contribution in [0.2, 0.25) is 5.02 Å². The maximum atomic E-state index is 12.1. The van der Waals surface area contributed by atoms with Crippen molar-refractivity contribution in [2.24, 2.45) is 11.7 Å². The molecule has 0 radical (unpaired) electrons. The largest absolute Gasteiger partial charge is 0.490 e. The van der Waals surface area contributed by atoms with Crippen LogP contribution in [0.5, 0.6) is 5.75 Å². The molecule has 0 saturated heterocycles. The van der Waals surface area contributed by atoms with Crippen molar-refractivity contribution < 1.29 is 9.53 Å². The van der Waals surface area contributed by atoms with Crippen LogP contribution in [0.4, 0.5) is 5.69 Å². The smallest absolute Gasteiger partial charge is 0.239 e. The Bertz CT molecular complexity index is 541. The van der Waals surface area contributed by atoms with Gasteiger partial charge < -0.3 is 20.7 Å². The van der Waals surface area contributed by atoms with Crippen molar-refractivity contribution in [2.75, 3.05) is 31.1 Å². The number of amides is 1. The van der Waals surface area contributed by atoms with Gasteiger partial charge in [-0.3, -0.25) is 4.79 Å². The van der Waals surface area contributed by atoms with Crippen molar-refractivity contribution in [3.05, 3.63) is 23.2 Å². The van der Waals surface area contributed by atoms with E-state index in [0.717, 1.165) is 11.4 Å². The molecule has 23 heavy (non-hydrogen) atoms. The molecule has 1 fully saturated rings. The van der Waals surface area contributed by atoms with Crippen LogP contribution in [0, 0.1) is 5.92 Å². The summed E-state index contributed by atoms with van der Waals surface area (Å²) in [6.07, 6.45) is 2.37. The fourth-order valence-corrected chi connectivity index (χ4v) is 2.73. The van der Waals surface area contributed by atoms with Crippen LogP contribution in [0.25, 0.3) is 0 Å². The highest BCUT2D eigenvalue weighted by molar-refractivity contribution is 6.31. The third kappa shape index (κ3) is 5.31. The molecule has 1 amide bonds. The molecule has 0 bridgehead atoms. The van der Waals surface area contributed by atoms with E-state index in [4.69, 9.17) is 22.1 Å². The van der Waals surface area contributed by atoms with Crippen molar-refractivity contribution in [3.8, 4) is 5.75 Å². The molecule has 1 heterocycles. The number of nitrogens with zero attached hydrogens (tertiary/aromatic N) is 1. The predicted molar refractivity (Wildman–Crippen MR) is 97.4 cm³/mol. The van der Waals surface area contributed by atoms with E-state index in [-0.39, 0.29) is 36.8 Å². The third-order valence-corrected chi connectivity index (χ3v) is 4.21. The summed E-state index contributed by atoms with van der Waals surface area (Å²) in [6, 6.07) is 5.54. The Morgan fingerprint density at radius 2 is 2.17 bits per heavy atom. The van der Waals surface area contributed by atoms with Gasteiger partial charge in [-0.2, -0.15) is 0 Å². The predicted octanol–water partition coefficient (Wildman–Crippen LogP) is 2.24. The lowest BCUT2D eigenvalue weighted by atomic mass is 10.2. The van der Waals surface area contributed by atoms with Gasteiger partial charge in [0.15, 0.2) is 0 Å². The van der Waals surface area contributed by atoms with Crippen LogP contribution in [-0.2, 0) is 4.79 Å². The van der Waals surface area contributed by atoms with E-state index in [1.54, 1.807) is 6.07 Å². The number of benzene rings is 1. The molecule has 1 saturated carbocycles. The molecule has 3 N–H and O–H groups in total. The summed E-state index contributed by atoms with van der Waals surface area (Å²) in [5, 5.41) is 3.56. The van der Waals surface area contributed by atoms with Gasteiger partial charge in [-0.1, -0.05) is 11.6 Å². The molecule has 1 aliphatic heterocycles. The first-order valence-corrected chi connectivity index (χ1v) is 7.71. The summed E-state index contributed by atoms with van der Waals surface area (Å²) in [7, 11) is 0. The fourth-order valence-electron chi connectivity index (χ4n) is 2.56. The van der Waals surface area contributed by atoms with Crippen molar-refractivity contribution >= 4 is 48.0 Å². The molecule has 0 spiro atoms.